The van der Waals surface area contributed by atoms with E-state index in [0.29, 0.717) is 6.54 Å². The van der Waals surface area contributed by atoms with Gasteiger partial charge in [0.2, 0.25) is 0 Å². The van der Waals surface area contributed by atoms with E-state index < -0.39 is 17.9 Å². The Labute approximate surface area is 105 Å². The monoisotopic (exact) mass is 266 g/mol. The minimum Gasteiger partial charge on any atom is -0.387 e. The molecule has 0 aromatic carbocycles. The quantitative estimate of drug-likeness (QED) is 0.559. The van der Waals surface area contributed by atoms with Gasteiger partial charge < -0.3 is 15.5 Å². The summed E-state index contributed by atoms with van der Waals surface area (Å²) in [5.74, 6) is -2.67. The van der Waals surface area contributed by atoms with Gasteiger partial charge in [0.25, 0.3) is 0 Å². The zero-order valence-electron chi connectivity index (χ0n) is 10.6. The van der Waals surface area contributed by atoms with E-state index in [1.54, 1.807) is 11.9 Å². The lowest BCUT2D eigenvalue weighted by atomic mass is 10.1. The fourth-order valence-electron chi connectivity index (χ4n) is 2.10. The molecule has 0 aromatic heterocycles. The first-order valence-electron chi connectivity index (χ1n) is 6.12. The largest absolute Gasteiger partial charge is 0.399 e. The van der Waals surface area contributed by atoms with Crippen molar-refractivity contribution in [1.29, 1.82) is 5.41 Å². The fourth-order valence-corrected chi connectivity index (χ4v) is 2.10. The molecule has 4 nitrogen and oxygen atoms in total. The van der Waals surface area contributed by atoms with Gasteiger partial charge >= 0.3 is 6.18 Å². The van der Waals surface area contributed by atoms with E-state index in [-0.39, 0.29) is 6.54 Å². The average Bonchev–Trinajstić information content (AvgIpc) is 2.73. The number of halogens is 3. The maximum Gasteiger partial charge on any atom is 0.399 e. The summed E-state index contributed by atoms with van der Waals surface area (Å²) in [7, 11) is 1.64. The molecule has 3 N–H and O–H groups in total. The number of likely N-dealkylation sites (N-methyl/N-ethyl adjacent to an activating group) is 1. The number of hydrogen-bond acceptors (Lipinski definition) is 3. The molecule has 7 heteroatoms. The van der Waals surface area contributed by atoms with Gasteiger partial charge in [-0.3, -0.25) is 5.41 Å². The molecule has 0 aliphatic carbocycles. The molecule has 1 heterocycles. The molecule has 106 valence electrons. The second-order valence-electron chi connectivity index (χ2n) is 4.86. The number of amidine groups is 1. The van der Waals surface area contributed by atoms with Crippen LogP contribution in [-0.4, -0.2) is 61.6 Å². The highest BCUT2D eigenvalue weighted by atomic mass is 19.4. The Hall–Kier alpha value is -0.820. The summed E-state index contributed by atoms with van der Waals surface area (Å²) in [6.45, 7) is 3.16. The molecule has 0 radical (unpaired) electrons. The zero-order chi connectivity index (χ0) is 13.8. The Morgan fingerprint density at radius 1 is 1.39 bits per heavy atom. The van der Waals surface area contributed by atoms with Crippen molar-refractivity contribution in [2.45, 2.75) is 19.0 Å². The lowest BCUT2D eigenvalue weighted by Gasteiger charge is -2.26. The number of rotatable bonds is 6. The van der Waals surface area contributed by atoms with Gasteiger partial charge in [-0.1, -0.05) is 0 Å². The second kappa shape index (κ2) is 6.38. The van der Waals surface area contributed by atoms with Crippen molar-refractivity contribution >= 4 is 5.84 Å². The molecule has 1 unspecified atom stereocenters. The van der Waals surface area contributed by atoms with Crippen molar-refractivity contribution in [3.05, 3.63) is 0 Å². The van der Waals surface area contributed by atoms with Crippen LogP contribution in [-0.2, 0) is 0 Å². The van der Waals surface area contributed by atoms with Gasteiger partial charge in [0.1, 0.15) is 11.8 Å². The van der Waals surface area contributed by atoms with Crippen LogP contribution in [0.2, 0.25) is 0 Å². The van der Waals surface area contributed by atoms with Crippen LogP contribution in [0, 0.1) is 11.3 Å². The Balaban J connectivity index is 2.36. The molecule has 0 amide bonds. The van der Waals surface area contributed by atoms with Crippen molar-refractivity contribution in [2.75, 3.05) is 39.8 Å². The van der Waals surface area contributed by atoms with E-state index in [1.807, 2.05) is 0 Å². The molecule has 1 aliphatic rings. The van der Waals surface area contributed by atoms with Gasteiger partial charge in [-0.05, 0) is 33.0 Å². The van der Waals surface area contributed by atoms with Gasteiger partial charge in [-0.15, -0.1) is 0 Å². The summed E-state index contributed by atoms with van der Waals surface area (Å²) in [6, 6.07) is 0. The topological polar surface area (TPSA) is 56.4 Å². The summed E-state index contributed by atoms with van der Waals surface area (Å²) >= 11 is 0. The Bertz CT molecular complexity index is 274. The summed E-state index contributed by atoms with van der Waals surface area (Å²) < 4.78 is 37.8. The minimum atomic E-state index is -4.44. The second-order valence-corrected chi connectivity index (χ2v) is 4.86. The number of likely N-dealkylation sites (tertiary alicyclic amines) is 1. The van der Waals surface area contributed by atoms with Gasteiger partial charge in [-0.25, -0.2) is 0 Å². The molecule has 1 fully saturated rings. The van der Waals surface area contributed by atoms with Crippen molar-refractivity contribution in [3.63, 3.8) is 0 Å². The van der Waals surface area contributed by atoms with Crippen LogP contribution in [0.1, 0.15) is 12.8 Å². The predicted molar refractivity (Wildman–Crippen MR) is 64.6 cm³/mol. The highest BCUT2D eigenvalue weighted by molar-refractivity contribution is 5.80. The number of nitrogens with two attached hydrogens (primary N) is 1. The van der Waals surface area contributed by atoms with Crippen LogP contribution in [0.4, 0.5) is 13.2 Å². The van der Waals surface area contributed by atoms with Gasteiger partial charge in [0.05, 0.1) is 0 Å². The van der Waals surface area contributed by atoms with Crippen LogP contribution >= 0.6 is 0 Å². The Morgan fingerprint density at radius 3 is 2.39 bits per heavy atom. The van der Waals surface area contributed by atoms with E-state index in [0.717, 1.165) is 19.6 Å². The highest BCUT2D eigenvalue weighted by Gasteiger charge is 2.42. The first-order chi connectivity index (χ1) is 8.30. The molecule has 1 atom stereocenters. The maximum atomic E-state index is 12.6. The van der Waals surface area contributed by atoms with Crippen molar-refractivity contribution in [3.8, 4) is 0 Å². The Kier molecular flexibility index (Phi) is 5.40. The number of nitrogens with zero attached hydrogens (tertiary/aromatic N) is 2. The molecule has 18 heavy (non-hydrogen) atoms. The summed E-state index contributed by atoms with van der Waals surface area (Å²) in [5.41, 5.74) is 5.02. The Morgan fingerprint density at radius 2 is 1.94 bits per heavy atom. The van der Waals surface area contributed by atoms with Crippen LogP contribution in [0.5, 0.6) is 0 Å². The van der Waals surface area contributed by atoms with Gasteiger partial charge in [0.15, 0.2) is 0 Å². The van der Waals surface area contributed by atoms with Gasteiger partial charge in [0, 0.05) is 19.6 Å². The summed E-state index contributed by atoms with van der Waals surface area (Å²) in [6.07, 6.45) is -2.10. The number of nitrogens with one attached hydrogen (secondary N) is 1. The lowest BCUT2D eigenvalue weighted by molar-refractivity contribution is -0.159. The molecule has 1 saturated heterocycles. The van der Waals surface area contributed by atoms with E-state index in [4.69, 9.17) is 11.1 Å². The third-order valence-electron chi connectivity index (χ3n) is 3.26. The smallest absolute Gasteiger partial charge is 0.387 e. The van der Waals surface area contributed by atoms with Gasteiger partial charge in [-0.2, -0.15) is 13.2 Å². The SMILES string of the molecule is CN(CCN1CCCC1)CC(C(=N)N)C(F)(F)F. The third kappa shape index (κ3) is 4.81. The van der Waals surface area contributed by atoms with Crippen LogP contribution in [0.3, 0.4) is 0 Å². The highest BCUT2D eigenvalue weighted by Crippen LogP contribution is 2.26. The van der Waals surface area contributed by atoms with E-state index in [9.17, 15) is 13.2 Å². The molecule has 1 rings (SSSR count). The normalized spacial score (nSPS) is 19.4. The van der Waals surface area contributed by atoms with Crippen LogP contribution in [0.15, 0.2) is 0 Å². The number of alkyl halides is 3. The summed E-state index contributed by atoms with van der Waals surface area (Å²) in [5, 5.41) is 7.02. The standard InChI is InChI=1S/C11H21F3N4/c1-17(6-7-18-4-2-3-5-18)8-9(10(15)16)11(12,13)14/h9H,2-8H2,1H3,(H3,15,16). The van der Waals surface area contributed by atoms with E-state index in [2.05, 4.69) is 4.90 Å². The maximum absolute atomic E-state index is 12.6. The third-order valence-corrected chi connectivity index (χ3v) is 3.26. The number of hydrogen-bond donors (Lipinski definition) is 2. The molecule has 1 aliphatic heterocycles. The molecule has 0 saturated carbocycles. The first kappa shape index (κ1) is 15.2. The summed E-state index contributed by atoms with van der Waals surface area (Å²) in [4.78, 5) is 3.84. The molecule has 0 bridgehead atoms. The van der Waals surface area contributed by atoms with E-state index in [1.165, 1.54) is 12.8 Å². The van der Waals surface area contributed by atoms with Crippen molar-refractivity contribution in [1.82, 2.24) is 9.80 Å². The minimum absolute atomic E-state index is 0.243. The first-order valence-corrected chi connectivity index (χ1v) is 6.12. The fraction of sp³-hybridized carbons (Fsp3) is 0.909. The van der Waals surface area contributed by atoms with Crippen LogP contribution < -0.4 is 5.73 Å². The molecule has 0 spiro atoms. The van der Waals surface area contributed by atoms with Crippen molar-refractivity contribution in [2.24, 2.45) is 11.7 Å². The zero-order valence-corrected chi connectivity index (χ0v) is 10.6. The van der Waals surface area contributed by atoms with Crippen molar-refractivity contribution < 1.29 is 13.2 Å². The molecule has 0 aromatic rings. The predicted octanol–water partition coefficient (Wildman–Crippen LogP) is 1.13. The lowest BCUT2D eigenvalue weighted by Crippen LogP contribution is -2.44. The van der Waals surface area contributed by atoms with Crippen LogP contribution in [0.25, 0.3) is 0 Å². The average molecular weight is 266 g/mol. The molecular formula is C11H21F3N4. The van der Waals surface area contributed by atoms with E-state index >= 15 is 0 Å². The molecular weight excluding hydrogens is 245 g/mol.